The summed E-state index contributed by atoms with van der Waals surface area (Å²) in [6.45, 7) is 0.0225. The Balaban J connectivity index is 2.23. The number of sulfonamides is 1. The van der Waals surface area contributed by atoms with E-state index in [0.717, 1.165) is 10.0 Å². The predicted molar refractivity (Wildman–Crippen MR) is 83.0 cm³/mol. The maximum Gasteiger partial charge on any atom is 0.244 e. The van der Waals surface area contributed by atoms with Crippen LogP contribution in [-0.2, 0) is 23.2 Å². The molecular formula is C13H14BrNO3S2. The van der Waals surface area contributed by atoms with Crippen molar-refractivity contribution < 1.29 is 13.5 Å². The Morgan fingerprint density at radius 2 is 1.90 bits per heavy atom. The number of nitrogens with zero attached hydrogens (tertiary/aromatic N) is 1. The first-order valence-corrected chi connectivity index (χ1v) is 8.94. The lowest BCUT2D eigenvalue weighted by molar-refractivity contribution is 0.282. The van der Waals surface area contributed by atoms with Crippen molar-refractivity contribution in [1.82, 2.24) is 4.31 Å². The molecule has 2 rings (SSSR count). The number of halogens is 1. The van der Waals surface area contributed by atoms with Crippen LogP contribution in [0.3, 0.4) is 0 Å². The molecule has 4 nitrogen and oxygen atoms in total. The van der Waals surface area contributed by atoms with Crippen molar-refractivity contribution in [2.75, 3.05) is 7.05 Å². The van der Waals surface area contributed by atoms with Crippen LogP contribution in [0.4, 0.5) is 0 Å². The molecule has 1 aromatic carbocycles. The zero-order valence-electron chi connectivity index (χ0n) is 10.8. The van der Waals surface area contributed by atoms with Crippen LogP contribution >= 0.6 is 27.3 Å². The fraction of sp³-hybridized carbons (Fsp3) is 0.231. The van der Waals surface area contributed by atoms with Crippen molar-refractivity contribution in [2.45, 2.75) is 18.0 Å². The van der Waals surface area contributed by atoms with Crippen LogP contribution in [0.2, 0.25) is 0 Å². The van der Waals surface area contributed by atoms with Crippen molar-refractivity contribution in [3.63, 3.8) is 0 Å². The fourth-order valence-corrected chi connectivity index (χ4v) is 4.46. The second-order valence-electron chi connectivity index (χ2n) is 4.25. The van der Waals surface area contributed by atoms with E-state index in [2.05, 4.69) is 15.9 Å². The minimum atomic E-state index is -3.57. The summed E-state index contributed by atoms with van der Waals surface area (Å²) in [7, 11) is -2.04. The first-order chi connectivity index (χ1) is 9.45. The molecule has 0 bridgehead atoms. The number of thiophene rings is 1. The van der Waals surface area contributed by atoms with Crippen LogP contribution in [0.5, 0.6) is 0 Å². The van der Waals surface area contributed by atoms with Crippen LogP contribution in [0.15, 0.2) is 45.1 Å². The highest BCUT2D eigenvalue weighted by atomic mass is 79.9. The van der Waals surface area contributed by atoms with Gasteiger partial charge in [0.15, 0.2) is 0 Å². The van der Waals surface area contributed by atoms with Crippen molar-refractivity contribution in [3.8, 4) is 0 Å². The molecule has 2 aromatic rings. The number of rotatable bonds is 5. The van der Waals surface area contributed by atoms with Gasteiger partial charge in [-0.05, 0) is 29.1 Å². The van der Waals surface area contributed by atoms with E-state index in [9.17, 15) is 13.5 Å². The molecule has 0 spiro atoms. The molecule has 1 aromatic heterocycles. The van der Waals surface area contributed by atoms with Crippen LogP contribution in [0.1, 0.15) is 10.4 Å². The zero-order valence-corrected chi connectivity index (χ0v) is 14.0. The number of aliphatic hydroxyl groups excluding tert-OH is 1. The summed E-state index contributed by atoms with van der Waals surface area (Å²) in [5.41, 5.74) is 0.903. The molecule has 0 amide bonds. The molecule has 0 radical (unpaired) electrons. The minimum Gasteiger partial charge on any atom is -0.391 e. The second kappa shape index (κ2) is 6.36. The van der Waals surface area contributed by atoms with Crippen molar-refractivity contribution in [1.29, 1.82) is 0 Å². The monoisotopic (exact) mass is 375 g/mol. The quantitative estimate of drug-likeness (QED) is 0.873. The van der Waals surface area contributed by atoms with Gasteiger partial charge in [-0.15, -0.1) is 11.3 Å². The van der Waals surface area contributed by atoms with Gasteiger partial charge in [0.2, 0.25) is 10.0 Å². The van der Waals surface area contributed by atoms with E-state index in [4.69, 9.17) is 0 Å². The molecule has 0 aliphatic heterocycles. The minimum absolute atomic E-state index is 0.185. The van der Waals surface area contributed by atoms with Crippen molar-refractivity contribution in [2.24, 2.45) is 0 Å². The molecule has 0 saturated carbocycles. The summed E-state index contributed by atoms with van der Waals surface area (Å²) in [5, 5.41) is 10.9. The Morgan fingerprint density at radius 3 is 2.50 bits per heavy atom. The standard InChI is InChI=1S/C13H14BrNO3S2/c1-15(8-10-2-4-11(14)5-3-10)20(17,18)13-6-7-19-12(13)9-16/h2-7,16H,8-9H2,1H3. The van der Waals surface area contributed by atoms with Crippen LogP contribution < -0.4 is 0 Å². The predicted octanol–water partition coefficient (Wildman–Crippen LogP) is 2.82. The Labute approximate surface area is 130 Å². The molecule has 0 aliphatic carbocycles. The third-order valence-electron chi connectivity index (χ3n) is 2.85. The van der Waals surface area contributed by atoms with E-state index in [1.165, 1.54) is 28.8 Å². The molecule has 0 fully saturated rings. The molecule has 7 heteroatoms. The van der Waals surface area contributed by atoms with E-state index in [1.54, 1.807) is 5.38 Å². The Bertz CT molecular complexity index is 680. The topological polar surface area (TPSA) is 57.6 Å². The van der Waals surface area contributed by atoms with Gasteiger partial charge in [0.25, 0.3) is 0 Å². The van der Waals surface area contributed by atoms with Gasteiger partial charge in [-0.3, -0.25) is 0 Å². The number of benzene rings is 1. The highest BCUT2D eigenvalue weighted by molar-refractivity contribution is 9.10. The fourth-order valence-electron chi connectivity index (χ4n) is 1.77. The Kier molecular flexibility index (Phi) is 4.98. The number of aliphatic hydroxyl groups is 1. The first kappa shape index (κ1) is 15.7. The van der Waals surface area contributed by atoms with Crippen LogP contribution in [0, 0.1) is 0 Å². The van der Waals surface area contributed by atoms with Crippen molar-refractivity contribution >= 4 is 37.3 Å². The van der Waals surface area contributed by atoms with E-state index in [1.807, 2.05) is 24.3 Å². The highest BCUT2D eigenvalue weighted by Crippen LogP contribution is 2.25. The number of hydrogen-bond donors (Lipinski definition) is 1. The molecule has 1 heterocycles. The summed E-state index contributed by atoms with van der Waals surface area (Å²) < 4.78 is 27.2. The lowest BCUT2D eigenvalue weighted by Gasteiger charge is -2.17. The molecule has 0 saturated heterocycles. The van der Waals surface area contributed by atoms with Gasteiger partial charge < -0.3 is 5.11 Å². The lowest BCUT2D eigenvalue weighted by Crippen LogP contribution is -2.26. The zero-order chi connectivity index (χ0) is 14.8. The molecule has 0 aliphatic rings. The van der Waals surface area contributed by atoms with Gasteiger partial charge >= 0.3 is 0 Å². The highest BCUT2D eigenvalue weighted by Gasteiger charge is 2.24. The Morgan fingerprint density at radius 1 is 1.25 bits per heavy atom. The van der Waals surface area contributed by atoms with Gasteiger partial charge in [-0.25, -0.2) is 8.42 Å². The largest absolute Gasteiger partial charge is 0.391 e. The molecule has 0 atom stereocenters. The van der Waals surface area contributed by atoms with E-state index in [0.29, 0.717) is 4.88 Å². The molecule has 20 heavy (non-hydrogen) atoms. The average molecular weight is 376 g/mol. The third kappa shape index (κ3) is 3.29. The maximum absolute atomic E-state index is 12.5. The molecule has 1 N–H and O–H groups in total. The maximum atomic E-state index is 12.5. The first-order valence-electron chi connectivity index (χ1n) is 5.83. The normalized spacial score (nSPS) is 12.0. The Hall–Kier alpha value is -0.730. The van der Waals surface area contributed by atoms with Gasteiger partial charge in [0.05, 0.1) is 11.5 Å². The molecule has 0 unspecified atom stereocenters. The average Bonchev–Trinajstić information content (AvgIpc) is 2.90. The smallest absolute Gasteiger partial charge is 0.244 e. The molecular weight excluding hydrogens is 362 g/mol. The molecule has 108 valence electrons. The van der Waals surface area contributed by atoms with Crippen molar-refractivity contribution in [3.05, 3.63) is 50.6 Å². The number of hydrogen-bond acceptors (Lipinski definition) is 4. The van der Waals surface area contributed by atoms with Crippen LogP contribution in [-0.4, -0.2) is 24.9 Å². The van der Waals surface area contributed by atoms with Gasteiger partial charge in [0.1, 0.15) is 0 Å². The summed E-state index contributed by atoms with van der Waals surface area (Å²) in [4.78, 5) is 0.650. The van der Waals surface area contributed by atoms with E-state index >= 15 is 0 Å². The lowest BCUT2D eigenvalue weighted by atomic mass is 10.2. The third-order valence-corrected chi connectivity index (χ3v) is 6.31. The summed E-state index contributed by atoms with van der Waals surface area (Å²) in [6.07, 6.45) is 0. The van der Waals surface area contributed by atoms with Gasteiger partial charge in [-0.1, -0.05) is 28.1 Å². The van der Waals surface area contributed by atoms with E-state index < -0.39 is 10.0 Å². The summed E-state index contributed by atoms with van der Waals surface area (Å²) in [5.74, 6) is 0. The SMILES string of the molecule is CN(Cc1ccc(Br)cc1)S(=O)(=O)c1ccsc1CO. The van der Waals surface area contributed by atoms with Crippen LogP contribution in [0.25, 0.3) is 0 Å². The second-order valence-corrected chi connectivity index (χ2v) is 8.18. The van der Waals surface area contributed by atoms with Gasteiger partial charge in [0, 0.05) is 22.9 Å². The summed E-state index contributed by atoms with van der Waals surface area (Å²) >= 11 is 4.58. The van der Waals surface area contributed by atoms with E-state index in [-0.39, 0.29) is 18.0 Å². The van der Waals surface area contributed by atoms with Gasteiger partial charge in [-0.2, -0.15) is 4.31 Å². The summed E-state index contributed by atoms with van der Waals surface area (Å²) in [6, 6.07) is 9.02.